The third kappa shape index (κ3) is 4.66. The zero-order chi connectivity index (χ0) is 15.9. The van der Waals surface area contributed by atoms with Gasteiger partial charge in [0.25, 0.3) is 0 Å². The molecule has 0 saturated carbocycles. The van der Waals surface area contributed by atoms with E-state index in [-0.39, 0.29) is 0 Å². The van der Waals surface area contributed by atoms with Crippen LogP contribution in [-0.2, 0) is 11.2 Å². The quantitative estimate of drug-likeness (QED) is 0.668. The minimum Gasteiger partial charge on any atom is -0.381 e. The number of nitrogens with zero attached hydrogens (tertiary/aromatic N) is 2. The van der Waals surface area contributed by atoms with Crippen molar-refractivity contribution in [3.63, 3.8) is 0 Å². The highest BCUT2D eigenvalue weighted by molar-refractivity contribution is 5.79. The highest BCUT2D eigenvalue weighted by Crippen LogP contribution is 2.13. The molecule has 1 saturated heterocycles. The van der Waals surface area contributed by atoms with Crippen LogP contribution in [0.1, 0.15) is 12.0 Å². The summed E-state index contributed by atoms with van der Waals surface area (Å²) in [6.45, 7) is 3.04. The molecule has 2 rings (SSSR count). The maximum Gasteiger partial charge on any atom is 0.193 e. The fourth-order valence-electron chi connectivity index (χ4n) is 2.62. The van der Waals surface area contributed by atoms with E-state index in [1.54, 1.807) is 7.05 Å². The van der Waals surface area contributed by atoms with Crippen LogP contribution in [0.2, 0.25) is 0 Å². The molecule has 0 radical (unpaired) electrons. The predicted molar refractivity (Wildman–Crippen MR) is 83.0 cm³/mol. The summed E-state index contributed by atoms with van der Waals surface area (Å²) >= 11 is 0. The van der Waals surface area contributed by atoms with Gasteiger partial charge >= 0.3 is 0 Å². The molecule has 1 N–H and O–H groups in total. The summed E-state index contributed by atoms with van der Waals surface area (Å²) in [7, 11) is 3.70. The molecular formula is C16H23F2N3O. The monoisotopic (exact) mass is 311 g/mol. The van der Waals surface area contributed by atoms with Crippen LogP contribution in [0.15, 0.2) is 23.2 Å². The SMILES string of the molecule is CN=C(NCCc1ccc(F)cc1F)N(C)CC1CCOC1. The molecule has 6 heteroatoms. The molecule has 0 amide bonds. The molecule has 122 valence electrons. The number of hydrogen-bond acceptors (Lipinski definition) is 2. The highest BCUT2D eigenvalue weighted by atomic mass is 19.1. The van der Waals surface area contributed by atoms with Gasteiger partial charge in [-0.1, -0.05) is 6.07 Å². The molecule has 0 aliphatic carbocycles. The van der Waals surface area contributed by atoms with E-state index in [2.05, 4.69) is 15.2 Å². The Labute approximate surface area is 130 Å². The third-order valence-corrected chi connectivity index (χ3v) is 3.82. The van der Waals surface area contributed by atoms with Crippen LogP contribution in [0.3, 0.4) is 0 Å². The van der Waals surface area contributed by atoms with Crippen LogP contribution >= 0.6 is 0 Å². The number of aliphatic imine (C=N–C) groups is 1. The minimum atomic E-state index is -0.552. The van der Waals surface area contributed by atoms with E-state index in [0.29, 0.717) is 24.4 Å². The van der Waals surface area contributed by atoms with E-state index in [9.17, 15) is 8.78 Å². The van der Waals surface area contributed by atoms with Gasteiger partial charge in [0.05, 0.1) is 6.61 Å². The second-order valence-electron chi connectivity index (χ2n) is 5.57. The van der Waals surface area contributed by atoms with Crippen molar-refractivity contribution in [1.29, 1.82) is 0 Å². The topological polar surface area (TPSA) is 36.9 Å². The molecule has 1 fully saturated rings. The van der Waals surface area contributed by atoms with Crippen LogP contribution in [0, 0.1) is 17.6 Å². The Bertz CT molecular complexity index is 516. The van der Waals surface area contributed by atoms with Crippen LogP contribution in [-0.4, -0.2) is 51.3 Å². The van der Waals surface area contributed by atoms with Crippen molar-refractivity contribution in [2.24, 2.45) is 10.9 Å². The summed E-state index contributed by atoms with van der Waals surface area (Å²) in [4.78, 5) is 6.29. The lowest BCUT2D eigenvalue weighted by atomic mass is 10.1. The standard InChI is InChI=1S/C16H23F2N3O/c1-19-16(21(2)10-12-6-8-22-11-12)20-7-5-13-3-4-14(17)9-15(13)18/h3-4,9,12H,5-8,10-11H2,1-2H3,(H,19,20). The Kier molecular flexibility index (Phi) is 6.12. The first-order valence-corrected chi connectivity index (χ1v) is 7.53. The van der Waals surface area contributed by atoms with Gasteiger partial charge in [-0.25, -0.2) is 8.78 Å². The average molecular weight is 311 g/mol. The molecule has 0 bridgehead atoms. The molecule has 1 aliphatic heterocycles. The normalized spacial score (nSPS) is 18.5. The van der Waals surface area contributed by atoms with E-state index < -0.39 is 11.6 Å². The molecule has 1 aromatic rings. The summed E-state index contributed by atoms with van der Waals surface area (Å²) < 4.78 is 31.8. The highest BCUT2D eigenvalue weighted by Gasteiger charge is 2.19. The molecular weight excluding hydrogens is 288 g/mol. The Morgan fingerprint density at radius 2 is 2.27 bits per heavy atom. The molecule has 1 atom stereocenters. The van der Waals surface area contributed by atoms with Gasteiger partial charge in [-0.05, 0) is 24.5 Å². The van der Waals surface area contributed by atoms with Crippen LogP contribution in [0.5, 0.6) is 0 Å². The lowest BCUT2D eigenvalue weighted by molar-refractivity contribution is 0.181. The first-order valence-electron chi connectivity index (χ1n) is 7.53. The largest absolute Gasteiger partial charge is 0.381 e. The lowest BCUT2D eigenvalue weighted by Crippen LogP contribution is -2.42. The maximum atomic E-state index is 13.6. The van der Waals surface area contributed by atoms with Crippen LogP contribution < -0.4 is 5.32 Å². The van der Waals surface area contributed by atoms with E-state index in [4.69, 9.17) is 4.74 Å². The van der Waals surface area contributed by atoms with Gasteiger partial charge < -0.3 is 15.0 Å². The van der Waals surface area contributed by atoms with Gasteiger partial charge in [0.15, 0.2) is 5.96 Å². The fraction of sp³-hybridized carbons (Fsp3) is 0.562. The number of rotatable bonds is 5. The van der Waals surface area contributed by atoms with Crippen molar-refractivity contribution in [3.8, 4) is 0 Å². The molecule has 4 nitrogen and oxygen atoms in total. The second kappa shape index (κ2) is 8.08. The zero-order valence-electron chi connectivity index (χ0n) is 13.1. The summed E-state index contributed by atoms with van der Waals surface area (Å²) in [5, 5.41) is 3.21. The van der Waals surface area contributed by atoms with E-state index in [1.165, 1.54) is 12.1 Å². The van der Waals surface area contributed by atoms with Crippen molar-refractivity contribution < 1.29 is 13.5 Å². The number of nitrogens with one attached hydrogen (secondary N) is 1. The summed E-state index contributed by atoms with van der Waals surface area (Å²) in [5.41, 5.74) is 0.496. The number of hydrogen-bond donors (Lipinski definition) is 1. The molecule has 1 unspecified atom stereocenters. The van der Waals surface area contributed by atoms with Crippen LogP contribution in [0.4, 0.5) is 8.78 Å². The van der Waals surface area contributed by atoms with Gasteiger partial charge in [-0.3, -0.25) is 4.99 Å². The van der Waals surface area contributed by atoms with Crippen LogP contribution in [0.25, 0.3) is 0 Å². The smallest absolute Gasteiger partial charge is 0.193 e. The lowest BCUT2D eigenvalue weighted by Gasteiger charge is -2.24. The Hall–Kier alpha value is -1.69. The second-order valence-corrected chi connectivity index (χ2v) is 5.57. The summed E-state index contributed by atoms with van der Waals surface area (Å²) in [5.74, 6) is 0.240. The number of benzene rings is 1. The van der Waals surface area contributed by atoms with Gasteiger partial charge in [-0.15, -0.1) is 0 Å². The first kappa shape index (κ1) is 16.7. The molecule has 1 aromatic carbocycles. The zero-order valence-corrected chi connectivity index (χ0v) is 13.1. The molecule has 1 aliphatic rings. The van der Waals surface area contributed by atoms with Crippen molar-refractivity contribution >= 4 is 5.96 Å². The van der Waals surface area contributed by atoms with E-state index in [1.807, 2.05) is 7.05 Å². The van der Waals surface area contributed by atoms with Crippen molar-refractivity contribution in [2.75, 3.05) is 40.4 Å². The predicted octanol–water partition coefficient (Wildman–Crippen LogP) is 2.05. The molecule has 0 aromatic heterocycles. The number of guanidine groups is 1. The number of ether oxygens (including phenoxy) is 1. The van der Waals surface area contributed by atoms with Gasteiger partial charge in [-0.2, -0.15) is 0 Å². The van der Waals surface area contributed by atoms with Crippen molar-refractivity contribution in [1.82, 2.24) is 10.2 Å². The van der Waals surface area contributed by atoms with Gasteiger partial charge in [0.1, 0.15) is 11.6 Å². The summed E-state index contributed by atoms with van der Waals surface area (Å²) in [6.07, 6.45) is 1.55. The first-order chi connectivity index (χ1) is 10.6. The fourth-order valence-corrected chi connectivity index (χ4v) is 2.62. The Morgan fingerprint density at radius 1 is 1.45 bits per heavy atom. The van der Waals surface area contributed by atoms with Gasteiger partial charge in [0, 0.05) is 45.8 Å². The van der Waals surface area contributed by atoms with E-state index >= 15 is 0 Å². The average Bonchev–Trinajstić information content (AvgIpc) is 2.98. The minimum absolute atomic E-state index is 0.478. The van der Waals surface area contributed by atoms with E-state index in [0.717, 1.165) is 38.2 Å². The Balaban J connectivity index is 1.80. The molecule has 1 heterocycles. The van der Waals surface area contributed by atoms with Crippen molar-refractivity contribution in [3.05, 3.63) is 35.4 Å². The maximum absolute atomic E-state index is 13.6. The van der Waals surface area contributed by atoms with Crippen molar-refractivity contribution in [2.45, 2.75) is 12.8 Å². The molecule has 0 spiro atoms. The third-order valence-electron chi connectivity index (χ3n) is 3.82. The summed E-state index contributed by atoms with van der Waals surface area (Å²) in [6, 6.07) is 3.67. The number of halogens is 2. The molecule has 22 heavy (non-hydrogen) atoms. The van der Waals surface area contributed by atoms with Gasteiger partial charge in [0.2, 0.25) is 0 Å². The Morgan fingerprint density at radius 3 is 2.91 bits per heavy atom.